The molecule has 0 aromatic rings. The van der Waals surface area contributed by atoms with Crippen molar-refractivity contribution in [2.24, 2.45) is 5.92 Å². The van der Waals surface area contributed by atoms with E-state index >= 15 is 0 Å². The van der Waals surface area contributed by atoms with Crippen LogP contribution in [0.15, 0.2) is 0 Å². The maximum Gasteiger partial charge on any atom is 0.307 e. The van der Waals surface area contributed by atoms with Gasteiger partial charge in [-0.25, -0.2) is 0 Å². The highest BCUT2D eigenvalue weighted by Gasteiger charge is 2.07. The third-order valence-electron chi connectivity index (χ3n) is 2.15. The molecule has 0 rings (SSSR count). The Balaban J connectivity index is 3.35. The monoisotopic (exact) mass is 201 g/mol. The first-order valence-corrected chi connectivity index (χ1v) is 5.36. The minimum Gasteiger partial charge on any atom is -0.469 e. The Labute approximate surface area is 87.2 Å². The van der Waals surface area contributed by atoms with Gasteiger partial charge in [0.2, 0.25) is 0 Å². The zero-order valence-electron chi connectivity index (χ0n) is 9.80. The molecule has 0 heterocycles. The van der Waals surface area contributed by atoms with E-state index in [4.69, 9.17) is 0 Å². The van der Waals surface area contributed by atoms with Gasteiger partial charge in [0.1, 0.15) is 0 Å². The van der Waals surface area contributed by atoms with Crippen LogP contribution in [0, 0.1) is 5.92 Å². The molecule has 1 unspecified atom stereocenters. The fourth-order valence-electron chi connectivity index (χ4n) is 1.26. The second-order valence-electron chi connectivity index (χ2n) is 4.17. The first-order valence-electron chi connectivity index (χ1n) is 5.36. The van der Waals surface area contributed by atoms with Crippen LogP contribution in [-0.4, -0.2) is 25.7 Å². The molecule has 0 aromatic heterocycles. The Hall–Kier alpha value is -0.570. The number of carbonyl (C=O) groups excluding carboxylic acids is 1. The molecule has 0 aliphatic rings. The molecule has 84 valence electrons. The molecule has 0 saturated carbocycles. The van der Waals surface area contributed by atoms with Crippen LogP contribution < -0.4 is 5.32 Å². The van der Waals surface area contributed by atoms with E-state index < -0.39 is 0 Å². The summed E-state index contributed by atoms with van der Waals surface area (Å²) < 4.78 is 4.59. The summed E-state index contributed by atoms with van der Waals surface area (Å²) in [5, 5.41) is 3.30. The molecule has 0 fully saturated rings. The molecule has 1 atom stereocenters. The molecule has 0 bridgehead atoms. The summed E-state index contributed by atoms with van der Waals surface area (Å²) in [5.41, 5.74) is 0. The summed E-state index contributed by atoms with van der Waals surface area (Å²) in [6.45, 7) is 7.43. The van der Waals surface area contributed by atoms with Gasteiger partial charge in [0.05, 0.1) is 13.5 Å². The molecule has 1 N–H and O–H groups in total. The van der Waals surface area contributed by atoms with Crippen molar-refractivity contribution in [1.82, 2.24) is 5.32 Å². The minimum atomic E-state index is -0.145. The Bertz CT molecular complexity index is 157. The summed E-state index contributed by atoms with van der Waals surface area (Å²) in [5.74, 6) is 0.613. The fourth-order valence-corrected chi connectivity index (χ4v) is 1.26. The van der Waals surface area contributed by atoms with E-state index in [1.54, 1.807) is 0 Å². The second-order valence-corrected chi connectivity index (χ2v) is 4.17. The number of hydrogen-bond donors (Lipinski definition) is 1. The summed E-state index contributed by atoms with van der Waals surface area (Å²) in [4.78, 5) is 10.9. The van der Waals surface area contributed by atoms with E-state index in [-0.39, 0.29) is 12.0 Å². The average molecular weight is 201 g/mol. The maximum absolute atomic E-state index is 10.9. The lowest BCUT2D eigenvalue weighted by Crippen LogP contribution is -2.29. The van der Waals surface area contributed by atoms with E-state index in [9.17, 15) is 4.79 Å². The lowest BCUT2D eigenvalue weighted by Gasteiger charge is -2.12. The SMILES string of the molecule is COC(=O)CC(C)NCCCC(C)C. The zero-order chi connectivity index (χ0) is 11.0. The van der Waals surface area contributed by atoms with Crippen LogP contribution in [0.2, 0.25) is 0 Å². The van der Waals surface area contributed by atoms with E-state index in [0.29, 0.717) is 6.42 Å². The van der Waals surface area contributed by atoms with E-state index in [0.717, 1.165) is 12.5 Å². The predicted molar refractivity (Wildman–Crippen MR) is 58.2 cm³/mol. The molecule has 0 aromatic carbocycles. The van der Waals surface area contributed by atoms with Crippen molar-refractivity contribution in [3.05, 3.63) is 0 Å². The van der Waals surface area contributed by atoms with Gasteiger partial charge in [-0.1, -0.05) is 13.8 Å². The minimum absolute atomic E-state index is 0.145. The van der Waals surface area contributed by atoms with Crippen molar-refractivity contribution >= 4 is 5.97 Å². The van der Waals surface area contributed by atoms with Crippen LogP contribution in [0.5, 0.6) is 0 Å². The average Bonchev–Trinajstić information content (AvgIpc) is 2.12. The summed E-state index contributed by atoms with van der Waals surface area (Å²) in [6, 6.07) is 0.217. The molecular formula is C11H23NO2. The number of ether oxygens (including phenoxy) is 1. The van der Waals surface area contributed by atoms with Crippen molar-refractivity contribution in [2.45, 2.75) is 46.1 Å². The van der Waals surface area contributed by atoms with Gasteiger partial charge in [-0.3, -0.25) is 4.79 Å². The van der Waals surface area contributed by atoms with Crippen LogP contribution in [-0.2, 0) is 9.53 Å². The molecule has 14 heavy (non-hydrogen) atoms. The normalized spacial score (nSPS) is 12.9. The Morgan fingerprint density at radius 2 is 2.00 bits per heavy atom. The van der Waals surface area contributed by atoms with Crippen molar-refractivity contribution in [3.8, 4) is 0 Å². The van der Waals surface area contributed by atoms with Crippen molar-refractivity contribution < 1.29 is 9.53 Å². The third kappa shape index (κ3) is 8.05. The molecular weight excluding hydrogens is 178 g/mol. The molecule has 0 spiro atoms. The van der Waals surface area contributed by atoms with Crippen molar-refractivity contribution in [1.29, 1.82) is 0 Å². The third-order valence-corrected chi connectivity index (χ3v) is 2.15. The molecule has 3 nitrogen and oxygen atoms in total. The van der Waals surface area contributed by atoms with Crippen LogP contribution >= 0.6 is 0 Å². The van der Waals surface area contributed by atoms with Gasteiger partial charge in [-0.2, -0.15) is 0 Å². The highest BCUT2D eigenvalue weighted by molar-refractivity contribution is 5.69. The Morgan fingerprint density at radius 1 is 1.36 bits per heavy atom. The standard InChI is InChI=1S/C11H23NO2/c1-9(2)6-5-7-12-10(3)8-11(13)14-4/h9-10,12H,5-8H2,1-4H3. The number of carbonyl (C=O) groups is 1. The zero-order valence-corrected chi connectivity index (χ0v) is 9.80. The molecule has 0 aliphatic heterocycles. The number of esters is 1. The molecule has 0 radical (unpaired) electrons. The summed E-state index contributed by atoms with van der Waals surface area (Å²) in [6.07, 6.45) is 2.86. The van der Waals surface area contributed by atoms with Gasteiger partial charge in [0.15, 0.2) is 0 Å². The fraction of sp³-hybridized carbons (Fsp3) is 0.909. The number of methoxy groups -OCH3 is 1. The van der Waals surface area contributed by atoms with Gasteiger partial charge in [0.25, 0.3) is 0 Å². The summed E-state index contributed by atoms with van der Waals surface area (Å²) in [7, 11) is 1.42. The lowest BCUT2D eigenvalue weighted by atomic mass is 10.1. The van der Waals surface area contributed by atoms with Crippen molar-refractivity contribution in [2.75, 3.05) is 13.7 Å². The smallest absolute Gasteiger partial charge is 0.307 e. The first kappa shape index (κ1) is 13.4. The first-order chi connectivity index (χ1) is 6.56. The topological polar surface area (TPSA) is 38.3 Å². The van der Waals surface area contributed by atoms with Crippen molar-refractivity contribution in [3.63, 3.8) is 0 Å². The van der Waals surface area contributed by atoms with Gasteiger partial charge in [-0.15, -0.1) is 0 Å². The van der Waals surface area contributed by atoms with E-state index in [1.165, 1.54) is 20.0 Å². The number of nitrogens with one attached hydrogen (secondary N) is 1. The molecule has 0 aliphatic carbocycles. The predicted octanol–water partition coefficient (Wildman–Crippen LogP) is 1.96. The van der Waals surface area contributed by atoms with Gasteiger partial charge >= 0.3 is 5.97 Å². The number of hydrogen-bond acceptors (Lipinski definition) is 3. The van der Waals surface area contributed by atoms with Gasteiger partial charge in [0, 0.05) is 6.04 Å². The van der Waals surface area contributed by atoms with Crippen LogP contribution in [0.4, 0.5) is 0 Å². The van der Waals surface area contributed by atoms with Crippen LogP contribution in [0.3, 0.4) is 0 Å². The van der Waals surface area contributed by atoms with Gasteiger partial charge < -0.3 is 10.1 Å². The quantitative estimate of drug-likeness (QED) is 0.505. The molecule has 0 amide bonds. The van der Waals surface area contributed by atoms with Crippen LogP contribution in [0.1, 0.15) is 40.0 Å². The summed E-state index contributed by atoms with van der Waals surface area (Å²) >= 11 is 0. The van der Waals surface area contributed by atoms with E-state index in [1.807, 2.05) is 6.92 Å². The molecule has 3 heteroatoms. The van der Waals surface area contributed by atoms with Gasteiger partial charge in [-0.05, 0) is 32.2 Å². The highest BCUT2D eigenvalue weighted by atomic mass is 16.5. The maximum atomic E-state index is 10.9. The Kier molecular flexibility index (Phi) is 7.48. The Morgan fingerprint density at radius 3 is 2.50 bits per heavy atom. The second kappa shape index (κ2) is 7.80. The number of rotatable bonds is 7. The van der Waals surface area contributed by atoms with Crippen LogP contribution in [0.25, 0.3) is 0 Å². The molecule has 0 saturated heterocycles. The van der Waals surface area contributed by atoms with E-state index in [2.05, 4.69) is 23.9 Å². The highest BCUT2D eigenvalue weighted by Crippen LogP contribution is 2.02. The largest absolute Gasteiger partial charge is 0.469 e. The lowest BCUT2D eigenvalue weighted by molar-refractivity contribution is -0.141.